The van der Waals surface area contributed by atoms with Gasteiger partial charge in [0.1, 0.15) is 11.6 Å². The summed E-state index contributed by atoms with van der Waals surface area (Å²) in [6.45, 7) is 0.886. The number of fused-ring (bicyclic) bond motifs is 1. The van der Waals surface area contributed by atoms with Crippen molar-refractivity contribution in [3.05, 3.63) is 27.3 Å². The van der Waals surface area contributed by atoms with E-state index in [-0.39, 0.29) is 5.82 Å². The summed E-state index contributed by atoms with van der Waals surface area (Å²) in [6.07, 6.45) is 6.36. The van der Waals surface area contributed by atoms with Gasteiger partial charge in [0.15, 0.2) is 0 Å². The van der Waals surface area contributed by atoms with E-state index in [1.165, 1.54) is 18.6 Å². The lowest BCUT2D eigenvalue weighted by molar-refractivity contribution is 0.592. The first kappa shape index (κ1) is 17.3. The number of unbranched alkanes of at least 4 members (excludes halogenated alkanes) is 2. The Labute approximate surface area is 148 Å². The van der Waals surface area contributed by atoms with Gasteiger partial charge >= 0.3 is 0 Å². The molecule has 2 nitrogen and oxygen atoms in total. The first-order valence-corrected chi connectivity index (χ1v) is 10.1. The van der Waals surface area contributed by atoms with Gasteiger partial charge in [-0.1, -0.05) is 6.42 Å². The molecule has 0 unspecified atom stereocenters. The predicted molar refractivity (Wildman–Crippen MR) is 99.1 cm³/mol. The summed E-state index contributed by atoms with van der Waals surface area (Å²) in [7, 11) is 0. The number of hydrogen-bond donors (Lipinski definition) is 0. The van der Waals surface area contributed by atoms with Crippen molar-refractivity contribution < 1.29 is 4.39 Å². The van der Waals surface area contributed by atoms with Crippen LogP contribution in [0.15, 0.2) is 12.1 Å². The Morgan fingerprint density at radius 1 is 1.33 bits per heavy atom. The Balaban J connectivity index is 2.21. The molecule has 0 saturated carbocycles. The van der Waals surface area contributed by atoms with E-state index in [0.29, 0.717) is 9.45 Å². The van der Waals surface area contributed by atoms with E-state index in [2.05, 4.69) is 15.8 Å². The molecule has 0 aliphatic carbocycles. The van der Waals surface area contributed by atoms with Crippen molar-refractivity contribution in [1.82, 2.24) is 9.55 Å². The Morgan fingerprint density at radius 2 is 2.14 bits per heavy atom. The van der Waals surface area contributed by atoms with Crippen LogP contribution in [0.5, 0.6) is 0 Å². The molecule has 1 aromatic carbocycles. The average molecular weight is 441 g/mol. The monoisotopic (exact) mass is 440 g/mol. The molecule has 1 aromatic heterocycles. The summed E-state index contributed by atoms with van der Waals surface area (Å²) in [6, 6.07) is 3.41. The molecule has 0 aliphatic heterocycles. The van der Waals surface area contributed by atoms with Crippen LogP contribution < -0.4 is 0 Å². The fourth-order valence-corrected chi connectivity index (χ4v) is 3.50. The Morgan fingerprint density at radius 3 is 2.86 bits per heavy atom. The van der Waals surface area contributed by atoms with Crippen molar-refractivity contribution in [2.24, 2.45) is 0 Å². The van der Waals surface area contributed by atoms with Gasteiger partial charge in [0.2, 0.25) is 0 Å². The number of hydrogen-bond acceptors (Lipinski definition) is 2. The number of halogens is 3. The molecule has 0 aliphatic rings. The lowest BCUT2D eigenvalue weighted by atomic mass is 10.2. The average Bonchev–Trinajstić information content (AvgIpc) is 2.77. The number of alkyl halides is 1. The van der Waals surface area contributed by atoms with E-state index in [9.17, 15) is 4.39 Å². The molecule has 0 radical (unpaired) electrons. The molecular weight excluding hydrogens is 422 g/mol. The van der Waals surface area contributed by atoms with Crippen LogP contribution in [-0.2, 0) is 13.0 Å². The summed E-state index contributed by atoms with van der Waals surface area (Å²) in [5, 5.41) is 0. The third kappa shape index (κ3) is 4.48. The van der Waals surface area contributed by atoms with Crippen LogP contribution in [0.4, 0.5) is 4.39 Å². The zero-order valence-corrected chi connectivity index (χ0v) is 15.8. The molecule has 6 heteroatoms. The van der Waals surface area contributed by atoms with Crippen molar-refractivity contribution in [3.8, 4) is 0 Å². The smallest absolute Gasteiger partial charge is 0.138 e. The highest BCUT2D eigenvalue weighted by atomic mass is 127. The standard InChI is InChI=1S/C15H19ClFIN2S/c1-21-8-4-2-3-7-20-14-9-11(17)12(18)10-13(14)19-15(20)5-6-16/h9-10H,2-8H2,1H3. The van der Waals surface area contributed by atoms with Crippen molar-refractivity contribution in [2.75, 3.05) is 17.9 Å². The second-order valence-corrected chi connectivity index (χ2v) is 7.45. The fraction of sp³-hybridized carbons (Fsp3) is 0.533. The maximum absolute atomic E-state index is 13.8. The normalized spacial score (nSPS) is 11.4. The van der Waals surface area contributed by atoms with Gasteiger partial charge in [-0.2, -0.15) is 11.8 Å². The van der Waals surface area contributed by atoms with Crippen molar-refractivity contribution in [1.29, 1.82) is 0 Å². The second kappa shape index (κ2) is 8.58. The zero-order chi connectivity index (χ0) is 15.2. The molecule has 0 spiro atoms. The lowest BCUT2D eigenvalue weighted by Crippen LogP contribution is -2.05. The van der Waals surface area contributed by atoms with Gasteiger partial charge in [-0.3, -0.25) is 0 Å². The molecule has 0 atom stereocenters. The summed E-state index contributed by atoms with van der Waals surface area (Å²) >= 11 is 9.75. The van der Waals surface area contributed by atoms with E-state index in [1.54, 1.807) is 6.07 Å². The molecule has 0 bridgehead atoms. The van der Waals surface area contributed by atoms with Crippen molar-refractivity contribution in [3.63, 3.8) is 0 Å². The zero-order valence-electron chi connectivity index (χ0n) is 12.0. The number of aromatic nitrogens is 2. The number of thioether (sulfide) groups is 1. The number of nitrogens with zero attached hydrogens (tertiary/aromatic N) is 2. The molecular formula is C15H19ClFIN2S. The Hall–Kier alpha value is -0.0100. The minimum absolute atomic E-state index is 0.177. The highest BCUT2D eigenvalue weighted by Gasteiger charge is 2.13. The van der Waals surface area contributed by atoms with Crippen LogP contribution >= 0.6 is 46.0 Å². The first-order chi connectivity index (χ1) is 10.2. The van der Waals surface area contributed by atoms with E-state index in [1.807, 2.05) is 40.4 Å². The minimum atomic E-state index is -0.177. The summed E-state index contributed by atoms with van der Waals surface area (Å²) < 4.78 is 16.6. The largest absolute Gasteiger partial charge is 0.328 e. The molecule has 116 valence electrons. The second-order valence-electron chi connectivity index (χ2n) is 4.93. The van der Waals surface area contributed by atoms with Gasteiger partial charge in [-0.25, -0.2) is 9.37 Å². The topological polar surface area (TPSA) is 17.8 Å². The van der Waals surface area contributed by atoms with Crippen molar-refractivity contribution in [2.45, 2.75) is 32.2 Å². The van der Waals surface area contributed by atoms with E-state index in [4.69, 9.17) is 11.6 Å². The molecule has 0 saturated heterocycles. The number of benzene rings is 1. The van der Waals surface area contributed by atoms with E-state index >= 15 is 0 Å². The van der Waals surface area contributed by atoms with Crippen LogP contribution in [0.3, 0.4) is 0 Å². The quantitative estimate of drug-likeness (QED) is 0.323. The van der Waals surface area contributed by atoms with Gasteiger partial charge in [0, 0.05) is 24.9 Å². The van der Waals surface area contributed by atoms with Crippen LogP contribution in [-0.4, -0.2) is 27.4 Å². The predicted octanol–water partition coefficient (Wildman–Crippen LogP) is 5.09. The fourth-order valence-electron chi connectivity index (χ4n) is 2.39. The maximum atomic E-state index is 13.8. The lowest BCUT2D eigenvalue weighted by Gasteiger charge is -2.08. The minimum Gasteiger partial charge on any atom is -0.328 e. The molecule has 0 amide bonds. The molecule has 0 fully saturated rings. The summed E-state index contributed by atoms with van der Waals surface area (Å²) in [5.41, 5.74) is 1.75. The molecule has 21 heavy (non-hydrogen) atoms. The van der Waals surface area contributed by atoms with Gasteiger partial charge in [-0.05, 0) is 53.5 Å². The highest BCUT2D eigenvalue weighted by Crippen LogP contribution is 2.23. The Kier molecular flexibility index (Phi) is 7.08. The first-order valence-electron chi connectivity index (χ1n) is 7.06. The number of imidazole rings is 1. The van der Waals surface area contributed by atoms with E-state index in [0.717, 1.165) is 36.2 Å². The van der Waals surface area contributed by atoms with Crippen molar-refractivity contribution >= 4 is 57.0 Å². The number of rotatable bonds is 8. The molecule has 2 aromatic rings. The van der Waals surface area contributed by atoms with Crippen LogP contribution in [0, 0.1) is 9.39 Å². The van der Waals surface area contributed by atoms with Gasteiger partial charge in [-0.15, -0.1) is 11.6 Å². The third-order valence-electron chi connectivity index (χ3n) is 3.42. The molecule has 0 N–H and O–H groups in total. The summed E-state index contributed by atoms with van der Waals surface area (Å²) in [5.74, 6) is 2.52. The molecule has 2 rings (SSSR count). The van der Waals surface area contributed by atoms with Crippen LogP contribution in [0.2, 0.25) is 0 Å². The van der Waals surface area contributed by atoms with Crippen LogP contribution in [0.25, 0.3) is 11.0 Å². The molecule has 1 heterocycles. The Bertz CT molecular complexity index is 603. The van der Waals surface area contributed by atoms with Gasteiger partial charge in [0.25, 0.3) is 0 Å². The van der Waals surface area contributed by atoms with Crippen LogP contribution in [0.1, 0.15) is 25.1 Å². The SMILES string of the molecule is CSCCCCCn1c(CCCl)nc2cc(I)c(F)cc21. The van der Waals surface area contributed by atoms with Gasteiger partial charge < -0.3 is 4.57 Å². The van der Waals surface area contributed by atoms with E-state index < -0.39 is 0 Å². The third-order valence-corrected chi connectivity index (χ3v) is 5.13. The number of aryl methyl sites for hydroxylation is 2. The highest BCUT2D eigenvalue weighted by molar-refractivity contribution is 14.1. The maximum Gasteiger partial charge on any atom is 0.138 e. The summed E-state index contributed by atoms with van der Waals surface area (Å²) in [4.78, 5) is 4.62. The van der Waals surface area contributed by atoms with Gasteiger partial charge in [0.05, 0.1) is 14.6 Å².